The Kier molecular flexibility index (Phi) is 6.01. The lowest BCUT2D eigenvalue weighted by atomic mass is 10.0. The minimum Gasteiger partial charge on any atom is -0.360 e. The highest BCUT2D eigenvalue weighted by Gasteiger charge is 2.37. The first-order valence-electron chi connectivity index (χ1n) is 8.28. The molecule has 27 heavy (non-hydrogen) atoms. The minimum atomic E-state index is -4.50. The second-order valence-corrected chi connectivity index (χ2v) is 6.97. The molecule has 10 heteroatoms. The highest BCUT2D eigenvalue weighted by Crippen LogP contribution is 2.37. The van der Waals surface area contributed by atoms with E-state index in [1.165, 1.54) is 6.20 Å². The molecule has 2 aromatic heterocycles. The lowest BCUT2D eigenvalue weighted by molar-refractivity contribution is -0.137. The molecule has 144 valence electrons. The van der Waals surface area contributed by atoms with Crippen molar-refractivity contribution in [2.75, 3.05) is 23.3 Å². The van der Waals surface area contributed by atoms with Gasteiger partial charge in [0, 0.05) is 31.5 Å². The van der Waals surface area contributed by atoms with Gasteiger partial charge in [0.15, 0.2) is 5.11 Å². The Labute approximate surface area is 164 Å². The van der Waals surface area contributed by atoms with Gasteiger partial charge in [0.25, 0.3) is 0 Å². The van der Waals surface area contributed by atoms with Gasteiger partial charge in [0.05, 0.1) is 22.5 Å². The van der Waals surface area contributed by atoms with Crippen LogP contribution in [0.15, 0.2) is 36.8 Å². The molecule has 0 bridgehead atoms. The summed E-state index contributed by atoms with van der Waals surface area (Å²) in [5.41, 5.74) is -0.0391. The number of rotatable bonds is 3. The fourth-order valence-corrected chi connectivity index (χ4v) is 3.36. The number of hydrogen-bond acceptors (Lipinski definition) is 4. The van der Waals surface area contributed by atoms with Crippen molar-refractivity contribution in [1.29, 1.82) is 0 Å². The molecule has 1 fully saturated rings. The number of alkyl halides is 3. The van der Waals surface area contributed by atoms with Crippen molar-refractivity contribution < 1.29 is 13.2 Å². The van der Waals surface area contributed by atoms with Crippen molar-refractivity contribution in [3.05, 3.63) is 47.4 Å². The van der Waals surface area contributed by atoms with Crippen LogP contribution in [0.1, 0.15) is 18.4 Å². The largest absolute Gasteiger partial charge is 0.420 e. The van der Waals surface area contributed by atoms with Gasteiger partial charge in [0.2, 0.25) is 0 Å². The predicted octanol–water partition coefficient (Wildman–Crippen LogP) is 4.10. The van der Waals surface area contributed by atoms with E-state index in [9.17, 15) is 13.2 Å². The molecular formula is C17H17ClF3N5S. The highest BCUT2D eigenvalue weighted by molar-refractivity contribution is 7.80. The van der Waals surface area contributed by atoms with Gasteiger partial charge in [0.1, 0.15) is 5.82 Å². The zero-order chi connectivity index (χ0) is 19.4. The first kappa shape index (κ1) is 19.6. The molecule has 1 aliphatic rings. The number of nitrogens with one attached hydrogen (secondary N) is 2. The van der Waals surface area contributed by atoms with Crippen LogP contribution in [0.3, 0.4) is 0 Å². The van der Waals surface area contributed by atoms with Gasteiger partial charge in [-0.2, -0.15) is 13.2 Å². The van der Waals surface area contributed by atoms with Gasteiger partial charge in [-0.3, -0.25) is 4.98 Å². The summed E-state index contributed by atoms with van der Waals surface area (Å²) < 4.78 is 39.8. The maximum absolute atomic E-state index is 13.3. The molecule has 0 spiro atoms. The summed E-state index contributed by atoms with van der Waals surface area (Å²) in [5, 5.41) is 6.66. The van der Waals surface area contributed by atoms with E-state index in [2.05, 4.69) is 20.6 Å². The summed E-state index contributed by atoms with van der Waals surface area (Å²) in [4.78, 5) is 9.55. The van der Waals surface area contributed by atoms with Gasteiger partial charge >= 0.3 is 6.18 Å². The number of piperidine rings is 1. The molecule has 5 nitrogen and oxygen atoms in total. The summed E-state index contributed by atoms with van der Waals surface area (Å²) in [7, 11) is 0. The van der Waals surface area contributed by atoms with Crippen molar-refractivity contribution in [2.24, 2.45) is 0 Å². The van der Waals surface area contributed by atoms with E-state index in [1.54, 1.807) is 23.4 Å². The topological polar surface area (TPSA) is 53.1 Å². The second-order valence-electron chi connectivity index (χ2n) is 6.12. The van der Waals surface area contributed by atoms with E-state index < -0.39 is 11.7 Å². The molecule has 1 aliphatic heterocycles. The normalized spacial score (nSPS) is 15.5. The average Bonchev–Trinajstić information content (AvgIpc) is 2.62. The predicted molar refractivity (Wildman–Crippen MR) is 103 cm³/mol. The van der Waals surface area contributed by atoms with Crippen molar-refractivity contribution in [1.82, 2.24) is 15.3 Å². The minimum absolute atomic E-state index is 0.0329. The van der Waals surface area contributed by atoms with Crippen molar-refractivity contribution in [3.63, 3.8) is 0 Å². The summed E-state index contributed by atoms with van der Waals surface area (Å²) in [6.45, 7) is 0.871. The first-order chi connectivity index (χ1) is 12.8. The summed E-state index contributed by atoms with van der Waals surface area (Å²) >= 11 is 11.0. The van der Waals surface area contributed by atoms with Crippen molar-refractivity contribution >= 4 is 40.4 Å². The number of hydrogen-bond donors (Lipinski definition) is 2. The average molecular weight is 416 g/mol. The van der Waals surface area contributed by atoms with E-state index in [-0.39, 0.29) is 16.9 Å². The Balaban J connectivity index is 1.59. The number of nitrogens with zero attached hydrogens (tertiary/aromatic N) is 3. The molecule has 0 saturated carbocycles. The fraction of sp³-hybridized carbons (Fsp3) is 0.353. The molecule has 1 saturated heterocycles. The van der Waals surface area contributed by atoms with E-state index in [4.69, 9.17) is 23.8 Å². The van der Waals surface area contributed by atoms with Crippen LogP contribution in [-0.2, 0) is 6.18 Å². The molecule has 0 atom stereocenters. The Morgan fingerprint density at radius 3 is 2.63 bits per heavy atom. The quantitative estimate of drug-likeness (QED) is 0.736. The molecule has 0 unspecified atom stereocenters. The summed E-state index contributed by atoms with van der Waals surface area (Å²) in [6.07, 6.45) is 1.33. The van der Waals surface area contributed by atoms with E-state index in [0.29, 0.717) is 31.0 Å². The van der Waals surface area contributed by atoms with E-state index >= 15 is 0 Å². The van der Waals surface area contributed by atoms with Gasteiger partial charge < -0.3 is 15.5 Å². The van der Waals surface area contributed by atoms with Gasteiger partial charge in [-0.1, -0.05) is 11.6 Å². The lowest BCUT2D eigenvalue weighted by Crippen LogP contribution is -2.46. The molecule has 3 rings (SSSR count). The number of thiocarbonyl (C=S) groups is 1. The number of halogens is 4. The smallest absolute Gasteiger partial charge is 0.360 e. The maximum Gasteiger partial charge on any atom is 0.420 e. The second kappa shape index (κ2) is 8.26. The molecule has 2 N–H and O–H groups in total. The molecule has 0 radical (unpaired) electrons. The number of pyridine rings is 2. The SMILES string of the molecule is FC(F)(F)c1cc(Cl)cnc1N1CCC(NC(=S)Nc2cccnc2)CC1. The van der Waals surface area contributed by atoms with Crippen LogP contribution in [0.2, 0.25) is 5.02 Å². The third-order valence-corrected chi connectivity index (χ3v) is 4.61. The first-order valence-corrected chi connectivity index (χ1v) is 9.07. The van der Waals surface area contributed by atoms with Gasteiger partial charge in [-0.05, 0) is 43.3 Å². The van der Waals surface area contributed by atoms with E-state index in [1.807, 2.05) is 6.07 Å². The fourth-order valence-electron chi connectivity index (χ4n) is 2.92. The highest BCUT2D eigenvalue weighted by atomic mass is 35.5. The number of anilines is 2. The Bertz CT molecular complexity index is 795. The van der Waals surface area contributed by atoms with Gasteiger partial charge in [-0.25, -0.2) is 4.98 Å². The Morgan fingerprint density at radius 2 is 2.00 bits per heavy atom. The van der Waals surface area contributed by atoms with Crippen molar-refractivity contribution in [2.45, 2.75) is 25.1 Å². The Morgan fingerprint density at radius 1 is 1.26 bits per heavy atom. The van der Waals surface area contributed by atoms with E-state index in [0.717, 1.165) is 11.8 Å². The van der Waals surface area contributed by atoms with Crippen LogP contribution in [-0.4, -0.2) is 34.2 Å². The van der Waals surface area contributed by atoms with Crippen molar-refractivity contribution in [3.8, 4) is 0 Å². The standard InChI is InChI=1S/C17H17ClF3N5S/c18-11-8-14(17(19,20)21)15(23-9-11)26-6-3-12(4-7-26)24-16(27)25-13-2-1-5-22-10-13/h1-2,5,8-10,12H,3-4,6-7H2,(H2,24,25,27). The lowest BCUT2D eigenvalue weighted by Gasteiger charge is -2.34. The molecule has 0 aliphatic carbocycles. The third kappa shape index (κ3) is 5.20. The molecule has 0 amide bonds. The van der Waals surface area contributed by atoms with Crippen LogP contribution >= 0.6 is 23.8 Å². The van der Waals surface area contributed by atoms with Crippen LogP contribution in [0.5, 0.6) is 0 Å². The van der Waals surface area contributed by atoms with Crippen LogP contribution < -0.4 is 15.5 Å². The Hall–Kier alpha value is -2.13. The molecular weight excluding hydrogens is 399 g/mol. The third-order valence-electron chi connectivity index (χ3n) is 4.19. The molecule has 0 aromatic carbocycles. The number of aromatic nitrogens is 2. The zero-order valence-electron chi connectivity index (χ0n) is 14.1. The monoisotopic (exact) mass is 415 g/mol. The summed E-state index contributed by atoms with van der Waals surface area (Å²) in [6, 6.07) is 4.62. The zero-order valence-corrected chi connectivity index (χ0v) is 15.7. The molecule has 3 heterocycles. The van der Waals surface area contributed by atoms with Crippen LogP contribution in [0.25, 0.3) is 0 Å². The van der Waals surface area contributed by atoms with Crippen LogP contribution in [0.4, 0.5) is 24.7 Å². The van der Waals surface area contributed by atoms with Gasteiger partial charge in [-0.15, -0.1) is 0 Å². The summed E-state index contributed by atoms with van der Waals surface area (Å²) in [5.74, 6) is -0.0820. The van der Waals surface area contributed by atoms with Crippen LogP contribution in [0, 0.1) is 0 Å². The maximum atomic E-state index is 13.3. The molecule has 2 aromatic rings.